The molecule has 0 fully saturated rings. The minimum Gasteiger partial charge on any atom is -0.462 e. The van der Waals surface area contributed by atoms with Crippen molar-refractivity contribution in [1.82, 2.24) is 0 Å². The number of carbonyl (C=O) groups excluding carboxylic acids is 4. The molecule has 594 valence electrons. The van der Waals surface area contributed by atoms with Crippen LogP contribution in [0.25, 0.3) is 0 Å². The first-order chi connectivity index (χ1) is 48.7. The summed E-state index contributed by atoms with van der Waals surface area (Å²) in [5.41, 5.74) is 0. The Hall–Kier alpha value is -1.94. The van der Waals surface area contributed by atoms with Crippen molar-refractivity contribution in [3.63, 3.8) is 0 Å². The van der Waals surface area contributed by atoms with Crippen LogP contribution in [-0.2, 0) is 65.4 Å². The summed E-state index contributed by atoms with van der Waals surface area (Å²) >= 11 is 0. The zero-order valence-corrected chi connectivity index (χ0v) is 67.0. The molecule has 0 aliphatic heterocycles. The van der Waals surface area contributed by atoms with Gasteiger partial charge in [-0.05, 0) is 25.7 Å². The lowest BCUT2D eigenvalue weighted by atomic mass is 10.0. The van der Waals surface area contributed by atoms with Crippen LogP contribution in [0.4, 0.5) is 0 Å². The highest BCUT2D eigenvalue weighted by atomic mass is 31.2. The maximum atomic E-state index is 13.1. The summed E-state index contributed by atoms with van der Waals surface area (Å²) in [6.45, 7) is 5.05. The van der Waals surface area contributed by atoms with Gasteiger partial charge in [0, 0.05) is 25.7 Å². The molecule has 0 spiro atoms. The van der Waals surface area contributed by atoms with Crippen molar-refractivity contribution in [2.45, 2.75) is 457 Å². The van der Waals surface area contributed by atoms with Gasteiger partial charge < -0.3 is 33.8 Å². The molecule has 0 aromatic carbocycles. The molecule has 0 aliphatic carbocycles. The highest BCUT2D eigenvalue weighted by Gasteiger charge is 2.30. The van der Waals surface area contributed by atoms with E-state index in [9.17, 15) is 43.2 Å². The van der Waals surface area contributed by atoms with E-state index >= 15 is 0 Å². The zero-order chi connectivity index (χ0) is 73.2. The van der Waals surface area contributed by atoms with Gasteiger partial charge in [-0.25, -0.2) is 9.13 Å². The molecule has 0 aromatic rings. The van der Waals surface area contributed by atoms with Gasteiger partial charge in [0.1, 0.15) is 19.3 Å². The molecule has 17 nitrogen and oxygen atoms in total. The monoisotopic (exact) mass is 1470 g/mol. The van der Waals surface area contributed by atoms with Crippen LogP contribution in [0.3, 0.4) is 0 Å². The van der Waals surface area contributed by atoms with Crippen molar-refractivity contribution >= 4 is 39.5 Å². The molecule has 0 bridgehead atoms. The lowest BCUT2D eigenvalue weighted by Crippen LogP contribution is -2.30. The third-order valence-electron chi connectivity index (χ3n) is 19.1. The summed E-state index contributed by atoms with van der Waals surface area (Å²) < 4.78 is 68.8. The summed E-state index contributed by atoms with van der Waals surface area (Å²) in [5, 5.41) is 10.7. The summed E-state index contributed by atoms with van der Waals surface area (Å²) in [6, 6.07) is 0. The molecule has 0 aromatic heterocycles. The van der Waals surface area contributed by atoms with Crippen LogP contribution in [0.15, 0.2) is 0 Å². The normalized spacial score (nSPS) is 13.5. The lowest BCUT2D eigenvalue weighted by Gasteiger charge is -2.21. The fraction of sp³-hybridized carbons (Fsp3) is 0.951. The molecule has 19 heteroatoms. The maximum absolute atomic E-state index is 13.1. The van der Waals surface area contributed by atoms with Crippen LogP contribution >= 0.6 is 15.6 Å². The van der Waals surface area contributed by atoms with Gasteiger partial charge in [-0.15, -0.1) is 0 Å². The molecule has 0 aliphatic rings. The number of esters is 4. The zero-order valence-electron chi connectivity index (χ0n) is 65.2. The second-order valence-electron chi connectivity index (χ2n) is 29.2. The lowest BCUT2D eigenvalue weighted by molar-refractivity contribution is -0.161. The van der Waals surface area contributed by atoms with E-state index in [-0.39, 0.29) is 25.7 Å². The van der Waals surface area contributed by atoms with Crippen LogP contribution in [0.5, 0.6) is 0 Å². The van der Waals surface area contributed by atoms with E-state index in [0.29, 0.717) is 25.7 Å². The van der Waals surface area contributed by atoms with Gasteiger partial charge in [0.05, 0.1) is 26.4 Å². The SMILES string of the molecule is CCCCCCCCCCCCCCCCCC(=O)OC[C@H](CO[P@](=O)(O)OCC(O)CO[P@@](=O)(O)OC[C@@H](COC(=O)CCCCCCCCCCCCCCCCC)OC(=O)CCCCCCCCCCCCCCCCC)OC(=O)CCCCCCCCCCCCCCCCC. The number of phosphoric ester groups is 2. The number of carbonyl (C=O) groups is 4. The number of hydrogen-bond acceptors (Lipinski definition) is 15. The van der Waals surface area contributed by atoms with Gasteiger partial charge in [0.2, 0.25) is 0 Å². The molecule has 0 rings (SSSR count). The number of unbranched alkanes of at least 4 members (excludes halogenated alkanes) is 56. The number of phosphoric acid groups is 2. The van der Waals surface area contributed by atoms with Gasteiger partial charge in [-0.3, -0.25) is 37.3 Å². The quantitative estimate of drug-likeness (QED) is 0.0222. The van der Waals surface area contributed by atoms with E-state index < -0.39 is 97.5 Å². The van der Waals surface area contributed by atoms with Gasteiger partial charge in [0.15, 0.2) is 12.2 Å². The molecule has 0 radical (unpaired) electrons. The van der Waals surface area contributed by atoms with E-state index in [4.69, 9.17) is 37.0 Å². The molecule has 0 saturated carbocycles. The Kier molecular flexibility index (Phi) is 73.8. The Morgan fingerprint density at radius 3 is 0.590 bits per heavy atom. The Bertz CT molecular complexity index is 1760. The van der Waals surface area contributed by atoms with Gasteiger partial charge in [0.25, 0.3) is 0 Å². The Morgan fingerprint density at radius 1 is 0.240 bits per heavy atom. The van der Waals surface area contributed by atoms with Crippen molar-refractivity contribution in [2.24, 2.45) is 0 Å². The number of rotatable bonds is 82. The summed E-state index contributed by atoms with van der Waals surface area (Å²) in [7, 11) is -9.92. The number of hydrogen-bond donors (Lipinski definition) is 3. The fourth-order valence-corrected chi connectivity index (χ4v) is 14.2. The van der Waals surface area contributed by atoms with Crippen LogP contribution in [0.1, 0.15) is 439 Å². The first-order valence-electron chi connectivity index (χ1n) is 42.3. The molecule has 3 N–H and O–H groups in total. The number of ether oxygens (including phenoxy) is 4. The van der Waals surface area contributed by atoms with Crippen LogP contribution in [0, 0.1) is 0 Å². The Labute approximate surface area is 613 Å². The topological polar surface area (TPSA) is 237 Å². The standard InChI is InChI=1S/C81H158O17P2/c1-5-9-13-17-21-25-29-33-37-41-45-49-53-57-61-65-78(83)91-71-76(97-80(85)67-63-59-55-51-47-43-39-35-31-27-23-19-15-11-7-3)73-95-99(87,88)93-69-75(82)70-94-100(89,90)96-74-77(98-81(86)68-64-60-56-52-48-44-40-36-32-28-24-20-16-12-8-4)72-92-79(84)66-62-58-54-50-46-42-38-34-30-26-22-18-14-10-6-2/h75-77,82H,5-74H2,1-4H3,(H,87,88)(H,89,90)/t76-,77-/m1/s1. The van der Waals surface area contributed by atoms with Crippen molar-refractivity contribution in [1.29, 1.82) is 0 Å². The first kappa shape index (κ1) is 98.1. The van der Waals surface area contributed by atoms with E-state index in [1.165, 1.54) is 270 Å². The largest absolute Gasteiger partial charge is 0.472 e. The Morgan fingerprint density at radius 2 is 0.400 bits per heavy atom. The molecular weight excluding hydrogens is 1310 g/mol. The fourth-order valence-electron chi connectivity index (χ4n) is 12.6. The molecule has 0 amide bonds. The summed E-state index contributed by atoms with van der Waals surface area (Å²) in [5.74, 6) is -2.10. The van der Waals surface area contributed by atoms with Crippen molar-refractivity contribution in [3.8, 4) is 0 Å². The highest BCUT2D eigenvalue weighted by molar-refractivity contribution is 7.47. The third kappa shape index (κ3) is 74.3. The van der Waals surface area contributed by atoms with Gasteiger partial charge in [-0.1, -0.05) is 387 Å². The van der Waals surface area contributed by atoms with Gasteiger partial charge in [-0.2, -0.15) is 0 Å². The second kappa shape index (κ2) is 75.3. The average Bonchev–Trinajstić information content (AvgIpc) is 1.01. The van der Waals surface area contributed by atoms with E-state index in [1.54, 1.807) is 0 Å². The molecular formula is C81H158O17P2. The number of aliphatic hydroxyl groups excluding tert-OH is 1. The van der Waals surface area contributed by atoms with Crippen molar-refractivity contribution in [3.05, 3.63) is 0 Å². The van der Waals surface area contributed by atoms with E-state index in [1.807, 2.05) is 0 Å². The minimum atomic E-state index is -4.96. The van der Waals surface area contributed by atoms with E-state index in [2.05, 4.69) is 27.7 Å². The highest BCUT2D eigenvalue weighted by Crippen LogP contribution is 2.45. The first-order valence-corrected chi connectivity index (χ1v) is 45.3. The van der Waals surface area contributed by atoms with E-state index in [0.717, 1.165) is 89.9 Å². The maximum Gasteiger partial charge on any atom is 0.472 e. The van der Waals surface area contributed by atoms with Crippen LogP contribution in [-0.4, -0.2) is 96.7 Å². The number of aliphatic hydroxyl groups is 1. The Balaban J connectivity index is 5.27. The molecule has 100 heavy (non-hydrogen) atoms. The summed E-state index contributed by atoms with van der Waals surface area (Å²) in [6.07, 6.45) is 67.7. The van der Waals surface area contributed by atoms with Crippen molar-refractivity contribution < 1.29 is 80.2 Å². The smallest absolute Gasteiger partial charge is 0.462 e. The molecule has 0 heterocycles. The second-order valence-corrected chi connectivity index (χ2v) is 32.1. The molecule has 0 unspecified atom stereocenters. The summed E-state index contributed by atoms with van der Waals surface area (Å²) in [4.78, 5) is 73.1. The predicted molar refractivity (Wildman–Crippen MR) is 409 cm³/mol. The van der Waals surface area contributed by atoms with Crippen molar-refractivity contribution in [2.75, 3.05) is 39.6 Å². The van der Waals surface area contributed by atoms with Crippen LogP contribution in [0.2, 0.25) is 0 Å². The predicted octanol–water partition coefficient (Wildman–Crippen LogP) is 24.6. The van der Waals surface area contributed by atoms with Crippen LogP contribution < -0.4 is 0 Å². The third-order valence-corrected chi connectivity index (χ3v) is 21.0. The molecule has 0 saturated heterocycles. The van der Waals surface area contributed by atoms with Gasteiger partial charge >= 0.3 is 39.5 Å². The molecule has 4 atom stereocenters. The average molecular weight is 1470 g/mol. The minimum absolute atomic E-state index is 0.109.